The van der Waals surface area contributed by atoms with Gasteiger partial charge >= 0.3 is 0 Å². The van der Waals surface area contributed by atoms with E-state index in [1.807, 2.05) is 54.6 Å². The summed E-state index contributed by atoms with van der Waals surface area (Å²) in [6.45, 7) is 4.29. The highest BCUT2D eigenvalue weighted by atomic mass is 16.5. The van der Waals surface area contributed by atoms with Crippen LogP contribution >= 0.6 is 0 Å². The molecule has 0 amide bonds. The lowest BCUT2D eigenvalue weighted by Crippen LogP contribution is -2.46. The smallest absolute Gasteiger partial charge is 0.182 e. The third kappa shape index (κ3) is 4.22. The lowest BCUT2D eigenvalue weighted by Gasteiger charge is -2.35. The highest BCUT2D eigenvalue weighted by Gasteiger charge is 2.53. The van der Waals surface area contributed by atoms with Crippen molar-refractivity contribution in [3.63, 3.8) is 0 Å². The monoisotopic (exact) mass is 464 g/mol. The molecular formula is C30H28N2O3. The van der Waals surface area contributed by atoms with Crippen LogP contribution in [0.1, 0.15) is 32.7 Å². The lowest BCUT2D eigenvalue weighted by molar-refractivity contribution is 0.0797. The van der Waals surface area contributed by atoms with Gasteiger partial charge in [0.15, 0.2) is 11.6 Å². The van der Waals surface area contributed by atoms with Crippen LogP contribution in [-0.2, 0) is 5.41 Å². The van der Waals surface area contributed by atoms with E-state index >= 15 is 0 Å². The average Bonchev–Trinajstić information content (AvgIpc) is 3.14. The lowest BCUT2D eigenvalue weighted by atomic mass is 9.73. The Morgan fingerprint density at radius 3 is 1.97 bits per heavy atom. The summed E-state index contributed by atoms with van der Waals surface area (Å²) in [5.74, 6) is 7.02. The van der Waals surface area contributed by atoms with E-state index in [-0.39, 0.29) is 18.0 Å². The second kappa shape index (κ2) is 9.77. The van der Waals surface area contributed by atoms with E-state index < -0.39 is 5.41 Å². The standard InChI is InChI=1S/C30H28N2O3/c1-35-25-15-13-24(14-16-25)32-21-19-31(20-22-32)18-8-7-17-30(23-9-3-2-4-10-23)28(33)26-11-5-6-12-27(26)29(30)34/h2-6,9-16H,17-22H2,1H3. The molecule has 1 heterocycles. The van der Waals surface area contributed by atoms with Gasteiger partial charge in [0.25, 0.3) is 0 Å². The quantitative estimate of drug-likeness (QED) is 0.418. The summed E-state index contributed by atoms with van der Waals surface area (Å²) in [4.78, 5) is 31.7. The number of benzene rings is 3. The fourth-order valence-corrected chi connectivity index (χ4v) is 5.01. The Hall–Kier alpha value is -3.88. The van der Waals surface area contributed by atoms with Crippen LogP contribution < -0.4 is 9.64 Å². The van der Waals surface area contributed by atoms with Crippen molar-refractivity contribution in [2.75, 3.05) is 44.7 Å². The molecule has 176 valence electrons. The van der Waals surface area contributed by atoms with Crippen molar-refractivity contribution in [2.24, 2.45) is 0 Å². The first-order valence-electron chi connectivity index (χ1n) is 11.9. The first-order valence-corrected chi connectivity index (χ1v) is 11.9. The van der Waals surface area contributed by atoms with Crippen LogP contribution in [0, 0.1) is 11.8 Å². The number of carbonyl (C=O) groups is 2. The van der Waals surface area contributed by atoms with Crippen molar-refractivity contribution in [2.45, 2.75) is 11.8 Å². The van der Waals surface area contributed by atoms with Gasteiger partial charge in [-0.2, -0.15) is 0 Å². The van der Waals surface area contributed by atoms with Crippen LogP contribution in [0.4, 0.5) is 5.69 Å². The van der Waals surface area contributed by atoms with Gasteiger partial charge < -0.3 is 9.64 Å². The number of ether oxygens (including phenoxy) is 1. The van der Waals surface area contributed by atoms with Crippen LogP contribution in [0.25, 0.3) is 0 Å². The van der Waals surface area contributed by atoms with E-state index in [4.69, 9.17) is 4.74 Å². The number of hydrogen-bond donors (Lipinski definition) is 0. The number of Topliss-reactive ketones (excluding diaryl/α,β-unsaturated/α-hetero) is 2. The molecule has 2 aliphatic rings. The molecule has 5 nitrogen and oxygen atoms in total. The van der Waals surface area contributed by atoms with Gasteiger partial charge in [0.2, 0.25) is 0 Å². The van der Waals surface area contributed by atoms with Crippen molar-refractivity contribution >= 4 is 17.3 Å². The number of methoxy groups -OCH3 is 1. The third-order valence-corrected chi connectivity index (χ3v) is 7.05. The average molecular weight is 465 g/mol. The summed E-state index contributed by atoms with van der Waals surface area (Å²) in [7, 11) is 1.67. The van der Waals surface area contributed by atoms with Gasteiger partial charge in [-0.15, -0.1) is 5.92 Å². The van der Waals surface area contributed by atoms with Crippen LogP contribution in [0.5, 0.6) is 5.75 Å². The molecule has 0 radical (unpaired) electrons. The number of rotatable bonds is 5. The molecule has 0 unspecified atom stereocenters. The van der Waals surface area contributed by atoms with E-state index in [9.17, 15) is 9.59 Å². The maximum atomic E-state index is 13.5. The van der Waals surface area contributed by atoms with Gasteiger partial charge in [-0.1, -0.05) is 60.5 Å². The fourth-order valence-electron chi connectivity index (χ4n) is 5.01. The summed E-state index contributed by atoms with van der Waals surface area (Å²) < 4.78 is 5.25. The highest BCUT2D eigenvalue weighted by molar-refractivity contribution is 6.33. The Balaban J connectivity index is 1.26. The molecule has 1 aliphatic carbocycles. The number of nitrogens with zero attached hydrogens (tertiary/aromatic N) is 2. The predicted octanol–water partition coefficient (Wildman–Crippen LogP) is 4.23. The summed E-state index contributed by atoms with van der Waals surface area (Å²) in [5.41, 5.74) is 1.65. The molecule has 1 saturated heterocycles. The second-order valence-electron chi connectivity index (χ2n) is 8.97. The Morgan fingerprint density at radius 1 is 0.771 bits per heavy atom. The maximum absolute atomic E-state index is 13.5. The minimum Gasteiger partial charge on any atom is -0.497 e. The molecule has 0 atom stereocenters. The molecule has 5 heteroatoms. The van der Waals surface area contributed by atoms with Gasteiger partial charge in [0.1, 0.15) is 11.2 Å². The van der Waals surface area contributed by atoms with E-state index in [0.717, 1.165) is 31.9 Å². The number of fused-ring (bicyclic) bond motifs is 1. The SMILES string of the molecule is COc1ccc(N2CCN(CC#CCC3(c4ccccc4)C(=O)c4ccccc4C3=O)CC2)cc1. The van der Waals surface area contributed by atoms with Crippen molar-refractivity contribution in [3.8, 4) is 17.6 Å². The Labute approximate surface area is 206 Å². The highest BCUT2D eigenvalue weighted by Crippen LogP contribution is 2.42. The molecule has 0 spiro atoms. The molecule has 3 aromatic carbocycles. The minimum atomic E-state index is -1.26. The molecule has 35 heavy (non-hydrogen) atoms. The van der Waals surface area contributed by atoms with E-state index in [2.05, 4.69) is 33.8 Å². The van der Waals surface area contributed by atoms with E-state index in [0.29, 0.717) is 23.2 Å². The number of ketones is 2. The molecule has 1 aliphatic heterocycles. The Kier molecular flexibility index (Phi) is 6.39. The minimum absolute atomic E-state index is 0.147. The number of carbonyl (C=O) groups excluding carboxylic acids is 2. The van der Waals surface area contributed by atoms with Crippen molar-refractivity contribution in [1.29, 1.82) is 0 Å². The van der Waals surface area contributed by atoms with Crippen molar-refractivity contribution in [3.05, 3.63) is 95.6 Å². The Bertz CT molecular complexity index is 1250. The summed E-state index contributed by atoms with van der Waals surface area (Å²) in [6, 6.07) is 24.6. The van der Waals surface area contributed by atoms with E-state index in [1.54, 1.807) is 19.2 Å². The summed E-state index contributed by atoms with van der Waals surface area (Å²) in [6.07, 6.45) is 0.190. The Morgan fingerprint density at radius 2 is 1.37 bits per heavy atom. The zero-order chi connectivity index (χ0) is 24.3. The predicted molar refractivity (Wildman–Crippen MR) is 137 cm³/mol. The largest absolute Gasteiger partial charge is 0.497 e. The van der Waals surface area contributed by atoms with Gasteiger partial charge in [0, 0.05) is 49.4 Å². The molecular weight excluding hydrogens is 436 g/mol. The zero-order valence-electron chi connectivity index (χ0n) is 19.9. The number of anilines is 1. The molecule has 5 rings (SSSR count). The molecule has 3 aromatic rings. The van der Waals surface area contributed by atoms with E-state index in [1.165, 1.54) is 5.69 Å². The first-order chi connectivity index (χ1) is 17.1. The van der Waals surface area contributed by atoms with Gasteiger partial charge in [0.05, 0.1) is 13.7 Å². The van der Waals surface area contributed by atoms with Crippen LogP contribution in [0.3, 0.4) is 0 Å². The van der Waals surface area contributed by atoms with Gasteiger partial charge in [-0.3, -0.25) is 14.5 Å². The molecule has 1 fully saturated rings. The number of hydrogen-bond acceptors (Lipinski definition) is 5. The molecule has 0 aromatic heterocycles. The van der Waals surface area contributed by atoms with Crippen molar-refractivity contribution in [1.82, 2.24) is 4.90 Å². The summed E-state index contributed by atoms with van der Waals surface area (Å²) >= 11 is 0. The second-order valence-corrected chi connectivity index (χ2v) is 8.97. The van der Waals surface area contributed by atoms with Crippen LogP contribution in [0.15, 0.2) is 78.9 Å². The molecule has 0 saturated carbocycles. The van der Waals surface area contributed by atoms with Gasteiger partial charge in [-0.05, 0) is 29.8 Å². The number of piperazine rings is 1. The molecule has 0 bridgehead atoms. The summed E-state index contributed by atoms with van der Waals surface area (Å²) in [5, 5.41) is 0. The van der Waals surface area contributed by atoms with Gasteiger partial charge in [-0.25, -0.2) is 0 Å². The zero-order valence-corrected chi connectivity index (χ0v) is 19.9. The van der Waals surface area contributed by atoms with Crippen LogP contribution in [0.2, 0.25) is 0 Å². The fraction of sp³-hybridized carbons (Fsp3) is 0.267. The maximum Gasteiger partial charge on any atom is 0.182 e. The molecule has 0 N–H and O–H groups in total. The van der Waals surface area contributed by atoms with Crippen molar-refractivity contribution < 1.29 is 14.3 Å². The topological polar surface area (TPSA) is 49.9 Å². The third-order valence-electron chi connectivity index (χ3n) is 7.05. The normalized spacial score (nSPS) is 17.0. The van der Waals surface area contributed by atoms with Crippen LogP contribution in [-0.4, -0.2) is 56.3 Å². The first kappa shape index (κ1) is 22.9.